The molecule has 0 spiro atoms. The second kappa shape index (κ2) is 6.83. The summed E-state index contributed by atoms with van der Waals surface area (Å²) in [5.41, 5.74) is 4.82. The van der Waals surface area contributed by atoms with E-state index in [-0.39, 0.29) is 6.10 Å². The molecule has 5 heteroatoms. The fourth-order valence-corrected chi connectivity index (χ4v) is 4.56. The summed E-state index contributed by atoms with van der Waals surface area (Å²) in [5.74, 6) is 0.986. The van der Waals surface area contributed by atoms with Crippen molar-refractivity contribution < 1.29 is 4.74 Å². The minimum atomic E-state index is 0.0149. The average Bonchev–Trinajstić information content (AvgIpc) is 3.19. The van der Waals surface area contributed by atoms with Gasteiger partial charge in [-0.05, 0) is 18.6 Å². The van der Waals surface area contributed by atoms with Gasteiger partial charge in [0.25, 0.3) is 0 Å². The van der Waals surface area contributed by atoms with E-state index in [1.165, 1.54) is 16.8 Å². The van der Waals surface area contributed by atoms with Gasteiger partial charge in [0.1, 0.15) is 11.9 Å². The Morgan fingerprint density at radius 2 is 1.93 bits per heavy atom. The molecule has 0 amide bonds. The van der Waals surface area contributed by atoms with Crippen molar-refractivity contribution in [3.05, 3.63) is 88.7 Å². The minimum Gasteiger partial charge on any atom is -0.484 e. The molecular weight excluding hydrogens is 354 g/mol. The van der Waals surface area contributed by atoms with Crippen LogP contribution in [0.5, 0.6) is 5.75 Å². The lowest BCUT2D eigenvalue weighted by molar-refractivity contribution is 0.142. The third kappa shape index (κ3) is 3.13. The highest BCUT2D eigenvalue weighted by Crippen LogP contribution is 2.32. The van der Waals surface area contributed by atoms with Crippen LogP contribution >= 0.6 is 11.3 Å². The molecule has 0 N–H and O–H groups in total. The number of nitrogens with zero attached hydrogens (tertiary/aromatic N) is 3. The van der Waals surface area contributed by atoms with Crippen LogP contribution in [0.3, 0.4) is 0 Å². The first-order valence-corrected chi connectivity index (χ1v) is 10.1. The van der Waals surface area contributed by atoms with Crippen molar-refractivity contribution in [1.82, 2.24) is 14.3 Å². The van der Waals surface area contributed by atoms with Crippen LogP contribution in [0.15, 0.2) is 66.2 Å². The Kier molecular flexibility index (Phi) is 4.19. The summed E-state index contributed by atoms with van der Waals surface area (Å²) < 4.78 is 8.65. The van der Waals surface area contributed by atoms with E-state index in [9.17, 15) is 0 Å². The van der Waals surface area contributed by atoms with Gasteiger partial charge < -0.3 is 4.74 Å². The van der Waals surface area contributed by atoms with Crippen LogP contribution < -0.4 is 4.74 Å². The maximum absolute atomic E-state index is 6.43. The van der Waals surface area contributed by atoms with Crippen molar-refractivity contribution in [3.63, 3.8) is 0 Å². The molecule has 4 nitrogen and oxygen atoms in total. The molecule has 1 atom stereocenters. The summed E-state index contributed by atoms with van der Waals surface area (Å²) in [5, 5.41) is 2.10. The molecule has 1 aliphatic heterocycles. The van der Waals surface area contributed by atoms with Crippen LogP contribution in [0.25, 0.3) is 4.96 Å². The topological polar surface area (TPSA) is 29.8 Å². The van der Waals surface area contributed by atoms with Crippen molar-refractivity contribution in [2.45, 2.75) is 26.1 Å². The first-order valence-electron chi connectivity index (χ1n) is 9.21. The van der Waals surface area contributed by atoms with Crippen molar-refractivity contribution in [3.8, 4) is 5.75 Å². The van der Waals surface area contributed by atoms with E-state index >= 15 is 0 Å². The van der Waals surface area contributed by atoms with Crippen molar-refractivity contribution >= 4 is 16.3 Å². The third-order valence-corrected chi connectivity index (χ3v) is 5.92. The number of aromatic nitrogens is 2. The molecule has 0 aliphatic carbocycles. The summed E-state index contributed by atoms with van der Waals surface area (Å²) >= 11 is 1.68. The quantitative estimate of drug-likeness (QED) is 0.513. The predicted octanol–water partition coefficient (Wildman–Crippen LogP) is 4.84. The van der Waals surface area contributed by atoms with Crippen LogP contribution in [0.2, 0.25) is 0 Å². The molecule has 27 heavy (non-hydrogen) atoms. The second-order valence-corrected chi connectivity index (χ2v) is 7.87. The van der Waals surface area contributed by atoms with Gasteiger partial charge in [-0.25, -0.2) is 4.98 Å². The smallest absolute Gasteiger partial charge is 0.194 e. The van der Waals surface area contributed by atoms with Crippen LogP contribution in [0.4, 0.5) is 0 Å². The van der Waals surface area contributed by atoms with Crippen LogP contribution in [0.1, 0.15) is 28.6 Å². The van der Waals surface area contributed by atoms with E-state index in [0.29, 0.717) is 0 Å². The zero-order valence-corrected chi connectivity index (χ0v) is 16.0. The van der Waals surface area contributed by atoms with Gasteiger partial charge >= 0.3 is 0 Å². The Morgan fingerprint density at radius 1 is 1.11 bits per heavy atom. The second-order valence-electron chi connectivity index (χ2n) is 6.99. The van der Waals surface area contributed by atoms with Crippen molar-refractivity contribution in [2.24, 2.45) is 0 Å². The molecule has 0 fully saturated rings. The molecule has 1 aliphatic rings. The van der Waals surface area contributed by atoms with Gasteiger partial charge in [-0.3, -0.25) is 9.30 Å². The maximum atomic E-state index is 6.43. The van der Waals surface area contributed by atoms with Crippen LogP contribution in [-0.2, 0) is 13.1 Å². The normalized spacial score (nSPS) is 17.4. The highest BCUT2D eigenvalue weighted by Gasteiger charge is 2.25. The van der Waals surface area contributed by atoms with Gasteiger partial charge in [-0.1, -0.05) is 48.5 Å². The average molecular weight is 375 g/mol. The molecule has 4 aromatic rings. The van der Waals surface area contributed by atoms with Gasteiger partial charge in [-0.2, -0.15) is 0 Å². The van der Waals surface area contributed by atoms with Gasteiger partial charge in [-0.15, -0.1) is 11.3 Å². The summed E-state index contributed by atoms with van der Waals surface area (Å²) in [6.07, 6.45) is 2.13. The number of fused-ring (bicyclic) bond motifs is 2. The fraction of sp³-hybridized carbons (Fsp3) is 0.227. The lowest BCUT2D eigenvalue weighted by Gasteiger charge is -2.24. The number of hydrogen-bond acceptors (Lipinski definition) is 4. The molecular formula is C22H21N3OS. The van der Waals surface area contributed by atoms with E-state index < -0.39 is 0 Å². The Morgan fingerprint density at radius 3 is 2.81 bits per heavy atom. The highest BCUT2D eigenvalue weighted by molar-refractivity contribution is 7.15. The summed E-state index contributed by atoms with van der Waals surface area (Å²) in [6, 6.07) is 18.9. The first kappa shape index (κ1) is 16.5. The van der Waals surface area contributed by atoms with E-state index in [4.69, 9.17) is 9.72 Å². The number of para-hydroxylation sites is 1. The summed E-state index contributed by atoms with van der Waals surface area (Å²) in [7, 11) is 0. The van der Waals surface area contributed by atoms with Crippen molar-refractivity contribution in [1.29, 1.82) is 0 Å². The number of ether oxygens (including phenoxy) is 1. The highest BCUT2D eigenvalue weighted by atomic mass is 32.1. The predicted molar refractivity (Wildman–Crippen MR) is 108 cm³/mol. The van der Waals surface area contributed by atoms with Crippen LogP contribution in [0, 0.1) is 6.92 Å². The molecule has 0 radical (unpaired) electrons. The molecule has 3 heterocycles. The van der Waals surface area contributed by atoms with Gasteiger partial charge in [0.15, 0.2) is 4.96 Å². The van der Waals surface area contributed by atoms with E-state index in [2.05, 4.69) is 76.3 Å². The largest absolute Gasteiger partial charge is 0.484 e. The molecule has 136 valence electrons. The first-order chi connectivity index (χ1) is 13.3. The third-order valence-electron chi connectivity index (χ3n) is 5.17. The number of imidazole rings is 1. The van der Waals surface area contributed by atoms with E-state index in [0.717, 1.165) is 36.0 Å². The number of benzene rings is 2. The molecule has 1 unspecified atom stereocenters. The molecule has 0 saturated carbocycles. The van der Waals surface area contributed by atoms with Gasteiger partial charge in [0.05, 0.1) is 11.4 Å². The minimum absolute atomic E-state index is 0.0149. The zero-order chi connectivity index (χ0) is 18.2. The van der Waals surface area contributed by atoms with Gasteiger partial charge in [0.2, 0.25) is 0 Å². The number of thiazole rings is 1. The summed E-state index contributed by atoms with van der Waals surface area (Å²) in [6.45, 7) is 4.67. The Labute approximate surface area is 162 Å². The number of rotatable bonds is 3. The Balaban J connectivity index is 1.51. The molecule has 5 rings (SSSR count). The molecule has 0 saturated heterocycles. The number of aryl methyl sites for hydroxylation is 1. The Bertz CT molecular complexity index is 1070. The molecule has 2 aromatic heterocycles. The zero-order valence-electron chi connectivity index (χ0n) is 15.2. The monoisotopic (exact) mass is 375 g/mol. The SMILES string of the molecule is Cc1nc2sccn2c1CN1Cc2ccccc2OC(c2ccccc2)C1. The lowest BCUT2D eigenvalue weighted by atomic mass is 10.1. The molecule has 0 bridgehead atoms. The fourth-order valence-electron chi connectivity index (χ4n) is 3.78. The van der Waals surface area contributed by atoms with Gasteiger partial charge in [0, 0.05) is 36.8 Å². The van der Waals surface area contributed by atoms with E-state index in [1.54, 1.807) is 11.3 Å². The summed E-state index contributed by atoms with van der Waals surface area (Å²) in [4.78, 5) is 8.24. The Hall–Kier alpha value is -2.63. The van der Waals surface area contributed by atoms with Crippen molar-refractivity contribution in [2.75, 3.05) is 6.54 Å². The lowest BCUT2D eigenvalue weighted by Crippen LogP contribution is -2.28. The number of hydrogen-bond donors (Lipinski definition) is 0. The molecule has 2 aromatic carbocycles. The maximum Gasteiger partial charge on any atom is 0.194 e. The van der Waals surface area contributed by atoms with E-state index in [1.807, 2.05) is 6.07 Å². The standard InChI is InChI=1S/C22H21N3OS/c1-16-19(25-11-12-27-22(25)23-16)14-24-13-18-9-5-6-10-20(18)26-21(15-24)17-7-3-2-4-8-17/h2-12,21H,13-15H2,1H3. The van der Waals surface area contributed by atoms with Crippen LogP contribution in [-0.4, -0.2) is 20.8 Å².